The molecule has 0 bridgehead atoms. The van der Waals surface area contributed by atoms with Crippen LogP contribution in [0, 0.1) is 17.3 Å². The van der Waals surface area contributed by atoms with Gasteiger partial charge in [0.25, 0.3) is 0 Å². The molecule has 0 aromatic rings. The molecule has 0 saturated carbocycles. The van der Waals surface area contributed by atoms with Gasteiger partial charge in [-0.3, -0.25) is 0 Å². The number of hydrogen-bond donors (Lipinski definition) is 1. The van der Waals surface area contributed by atoms with E-state index in [1.807, 2.05) is 20.8 Å². The fraction of sp³-hybridized carbons (Fsp3) is 1.00. The Kier molecular flexibility index (Phi) is 6.66. The summed E-state index contributed by atoms with van der Waals surface area (Å²) < 4.78 is 27.9. The number of rotatable bonds is 7. The Morgan fingerprint density at radius 1 is 1.24 bits per heavy atom. The lowest BCUT2D eigenvalue weighted by molar-refractivity contribution is 0.0596. The molecule has 0 aliphatic heterocycles. The quantitative estimate of drug-likeness (QED) is 0.716. The summed E-state index contributed by atoms with van der Waals surface area (Å²) in [6.45, 7) is 11.4. The van der Waals surface area contributed by atoms with Crippen LogP contribution in [0.5, 0.6) is 0 Å². The molecular formula is C12H27NO3S. The van der Waals surface area contributed by atoms with Crippen molar-refractivity contribution in [3.8, 4) is 0 Å². The summed E-state index contributed by atoms with van der Waals surface area (Å²) >= 11 is 0. The summed E-state index contributed by atoms with van der Waals surface area (Å²) in [6, 6.07) is 0. The summed E-state index contributed by atoms with van der Waals surface area (Å²) in [7, 11) is -3.44. The summed E-state index contributed by atoms with van der Waals surface area (Å²) in [5.74, 6) is 0.518. The smallest absolute Gasteiger partial charge is 0.209 e. The first kappa shape index (κ1) is 16.9. The van der Waals surface area contributed by atoms with Crippen molar-refractivity contribution < 1.29 is 13.2 Å². The third-order valence-electron chi connectivity index (χ3n) is 2.82. The van der Waals surface area contributed by atoms with Crippen molar-refractivity contribution >= 4 is 10.0 Å². The van der Waals surface area contributed by atoms with E-state index in [2.05, 4.69) is 13.8 Å². The van der Waals surface area contributed by atoms with Crippen LogP contribution in [0.2, 0.25) is 0 Å². The van der Waals surface area contributed by atoms with Gasteiger partial charge in [0.1, 0.15) is 0 Å². The van der Waals surface area contributed by atoms with E-state index in [0.717, 1.165) is 6.42 Å². The maximum atomic E-state index is 11.2. The number of hydrogen-bond acceptors (Lipinski definition) is 3. The van der Waals surface area contributed by atoms with Crippen LogP contribution in [-0.2, 0) is 14.8 Å². The lowest BCUT2D eigenvalue weighted by Crippen LogP contribution is -2.34. The fourth-order valence-electron chi connectivity index (χ4n) is 1.37. The first-order valence-corrected chi connectivity index (χ1v) is 7.82. The Morgan fingerprint density at radius 3 is 2.12 bits per heavy atom. The van der Waals surface area contributed by atoms with Crippen molar-refractivity contribution in [3.63, 3.8) is 0 Å². The molecule has 0 amide bonds. The van der Waals surface area contributed by atoms with Crippen LogP contribution in [0.1, 0.15) is 41.0 Å². The van der Waals surface area contributed by atoms with Gasteiger partial charge in [0.15, 0.2) is 0 Å². The molecule has 0 fully saturated rings. The highest BCUT2D eigenvalue weighted by Crippen LogP contribution is 2.27. The average molecular weight is 265 g/mol. The Balaban J connectivity index is 4.23. The van der Waals surface area contributed by atoms with Gasteiger partial charge in [0, 0.05) is 12.5 Å². The van der Waals surface area contributed by atoms with Crippen molar-refractivity contribution in [2.45, 2.75) is 41.0 Å². The van der Waals surface area contributed by atoms with Crippen LogP contribution >= 0.6 is 0 Å². The molecule has 17 heavy (non-hydrogen) atoms. The SMILES string of the molecule is CC(C)CCOCC(CS(N)(=O)=O)C(C)(C)C. The van der Waals surface area contributed by atoms with Crippen molar-refractivity contribution in [1.29, 1.82) is 0 Å². The van der Waals surface area contributed by atoms with Gasteiger partial charge < -0.3 is 4.74 Å². The van der Waals surface area contributed by atoms with E-state index < -0.39 is 10.0 Å². The molecular weight excluding hydrogens is 238 g/mol. The number of primary sulfonamides is 1. The van der Waals surface area contributed by atoms with Gasteiger partial charge in [-0.25, -0.2) is 13.6 Å². The van der Waals surface area contributed by atoms with E-state index in [1.165, 1.54) is 0 Å². The van der Waals surface area contributed by atoms with Gasteiger partial charge in [-0.15, -0.1) is 0 Å². The van der Waals surface area contributed by atoms with Crippen molar-refractivity contribution in [1.82, 2.24) is 0 Å². The van der Waals surface area contributed by atoms with Gasteiger partial charge in [-0.05, 0) is 17.8 Å². The highest BCUT2D eigenvalue weighted by Gasteiger charge is 2.28. The zero-order chi connectivity index (χ0) is 13.7. The van der Waals surface area contributed by atoms with Gasteiger partial charge in [-0.1, -0.05) is 34.6 Å². The summed E-state index contributed by atoms with van der Waals surface area (Å²) in [5, 5.41) is 5.10. The highest BCUT2D eigenvalue weighted by molar-refractivity contribution is 7.89. The van der Waals surface area contributed by atoms with E-state index in [1.54, 1.807) is 0 Å². The molecule has 0 aliphatic rings. The number of nitrogens with two attached hydrogens (primary N) is 1. The fourth-order valence-corrected chi connectivity index (χ4v) is 2.53. The zero-order valence-electron chi connectivity index (χ0n) is 11.7. The topological polar surface area (TPSA) is 69.4 Å². The summed E-state index contributed by atoms with van der Waals surface area (Å²) in [5.41, 5.74) is -0.121. The van der Waals surface area contributed by atoms with Crippen molar-refractivity contribution in [2.24, 2.45) is 22.4 Å². The molecule has 0 rings (SSSR count). The minimum Gasteiger partial charge on any atom is -0.381 e. The molecule has 104 valence electrons. The molecule has 0 radical (unpaired) electrons. The molecule has 0 aliphatic carbocycles. The van der Waals surface area contributed by atoms with Crippen molar-refractivity contribution in [3.05, 3.63) is 0 Å². The molecule has 1 atom stereocenters. The van der Waals surface area contributed by atoms with Gasteiger partial charge >= 0.3 is 0 Å². The molecule has 1 unspecified atom stereocenters. The lowest BCUT2D eigenvalue weighted by atomic mass is 9.82. The third-order valence-corrected chi connectivity index (χ3v) is 3.68. The molecule has 4 nitrogen and oxygen atoms in total. The zero-order valence-corrected chi connectivity index (χ0v) is 12.5. The number of ether oxygens (including phenoxy) is 1. The average Bonchev–Trinajstić information content (AvgIpc) is 2.06. The lowest BCUT2D eigenvalue weighted by Gasteiger charge is -2.29. The van der Waals surface area contributed by atoms with Crippen LogP contribution in [0.25, 0.3) is 0 Å². The first-order valence-electron chi connectivity index (χ1n) is 6.10. The van der Waals surface area contributed by atoms with E-state index in [9.17, 15) is 8.42 Å². The molecule has 0 aromatic carbocycles. The minimum absolute atomic E-state index is 0.0157. The van der Waals surface area contributed by atoms with Crippen LogP contribution in [0.15, 0.2) is 0 Å². The molecule has 0 heterocycles. The minimum atomic E-state index is -3.44. The maximum absolute atomic E-state index is 11.2. The Bertz CT molecular complexity index is 304. The third kappa shape index (κ3) is 9.56. The number of sulfonamides is 1. The van der Waals surface area contributed by atoms with Crippen LogP contribution in [-0.4, -0.2) is 27.4 Å². The first-order chi connectivity index (χ1) is 7.52. The van der Waals surface area contributed by atoms with Crippen molar-refractivity contribution in [2.75, 3.05) is 19.0 Å². The van der Waals surface area contributed by atoms with Gasteiger partial charge in [-0.2, -0.15) is 0 Å². The molecule has 2 N–H and O–H groups in total. The summed E-state index contributed by atoms with van der Waals surface area (Å²) in [6.07, 6.45) is 0.992. The second-order valence-corrected chi connectivity index (χ2v) is 7.81. The Hall–Kier alpha value is -0.130. The van der Waals surface area contributed by atoms with Gasteiger partial charge in [0.05, 0.1) is 12.4 Å². The highest BCUT2D eigenvalue weighted by atomic mass is 32.2. The molecule has 0 saturated heterocycles. The molecule has 0 spiro atoms. The van der Waals surface area contributed by atoms with E-state index >= 15 is 0 Å². The summed E-state index contributed by atoms with van der Waals surface area (Å²) in [4.78, 5) is 0. The predicted molar refractivity (Wildman–Crippen MR) is 71.2 cm³/mol. The Morgan fingerprint density at radius 2 is 1.76 bits per heavy atom. The monoisotopic (exact) mass is 265 g/mol. The largest absolute Gasteiger partial charge is 0.381 e. The second kappa shape index (κ2) is 6.71. The van der Waals surface area contributed by atoms with E-state index in [0.29, 0.717) is 19.1 Å². The maximum Gasteiger partial charge on any atom is 0.209 e. The normalized spacial score (nSPS) is 15.2. The van der Waals surface area contributed by atoms with E-state index in [4.69, 9.17) is 9.88 Å². The molecule has 0 aromatic heterocycles. The van der Waals surface area contributed by atoms with Crippen LogP contribution in [0.3, 0.4) is 0 Å². The second-order valence-electron chi connectivity index (χ2n) is 6.15. The van der Waals surface area contributed by atoms with Crippen LogP contribution in [0.4, 0.5) is 0 Å². The standard InChI is InChI=1S/C12H27NO3S/c1-10(2)6-7-16-8-11(12(3,4)5)9-17(13,14)15/h10-11H,6-9H2,1-5H3,(H2,13,14,15). The van der Waals surface area contributed by atoms with Gasteiger partial charge in [0.2, 0.25) is 10.0 Å². The predicted octanol–water partition coefficient (Wildman–Crippen LogP) is 2.00. The molecule has 5 heteroatoms. The van der Waals surface area contributed by atoms with E-state index in [-0.39, 0.29) is 17.1 Å². The van der Waals surface area contributed by atoms with Crippen LogP contribution < -0.4 is 5.14 Å². The Labute approximate surface area is 106 Å².